The van der Waals surface area contributed by atoms with Crippen molar-refractivity contribution >= 4 is 8.07 Å². The molecule has 10 heavy (non-hydrogen) atoms. The first-order valence-corrected chi connectivity index (χ1v) is 7.78. The zero-order valence-corrected chi connectivity index (χ0v) is 8.48. The van der Waals surface area contributed by atoms with Gasteiger partial charge in [-0.25, -0.2) is 0 Å². The van der Waals surface area contributed by atoms with Crippen molar-refractivity contribution in [2.45, 2.75) is 32.1 Å². The molecule has 1 saturated heterocycles. The van der Waals surface area contributed by atoms with Gasteiger partial charge >= 0.3 is 0 Å². The molecule has 0 aromatic heterocycles. The van der Waals surface area contributed by atoms with E-state index < -0.39 is 8.07 Å². The molecule has 0 aliphatic carbocycles. The molecule has 0 unspecified atom stereocenters. The maximum Gasteiger partial charge on any atom is 0.0498 e. The molecular weight excluding hydrogens is 138 g/mol. The van der Waals surface area contributed by atoms with Gasteiger partial charge < -0.3 is 4.90 Å². The third-order valence-corrected chi connectivity index (χ3v) is 5.81. The second kappa shape index (κ2) is 3.05. The van der Waals surface area contributed by atoms with Gasteiger partial charge in [0, 0.05) is 8.07 Å². The summed E-state index contributed by atoms with van der Waals surface area (Å²) in [5, 5.41) is 0. The summed E-state index contributed by atoms with van der Waals surface area (Å²) >= 11 is 0. The highest BCUT2D eigenvalue weighted by molar-refractivity contribution is 6.77. The Hall–Kier alpha value is 0.177. The van der Waals surface area contributed by atoms with Crippen LogP contribution in [0, 0.1) is 0 Å². The monoisotopic (exact) mass is 157 g/mol. The van der Waals surface area contributed by atoms with Crippen molar-refractivity contribution in [2.75, 3.05) is 19.6 Å². The van der Waals surface area contributed by atoms with Gasteiger partial charge in [0.05, 0.1) is 0 Å². The standard InChI is InChI=1S/C8H19NSi/c1-4-9-5-7-10(2,3)8-6-9/h4-8H2,1-3H3. The van der Waals surface area contributed by atoms with Crippen molar-refractivity contribution in [2.24, 2.45) is 0 Å². The van der Waals surface area contributed by atoms with Gasteiger partial charge in [-0.3, -0.25) is 0 Å². The predicted octanol–water partition coefficient (Wildman–Crippen LogP) is 2.03. The van der Waals surface area contributed by atoms with E-state index in [9.17, 15) is 0 Å². The van der Waals surface area contributed by atoms with Gasteiger partial charge in [0.25, 0.3) is 0 Å². The first-order chi connectivity index (χ1) is 4.64. The highest BCUT2D eigenvalue weighted by atomic mass is 28.3. The van der Waals surface area contributed by atoms with E-state index in [0.29, 0.717) is 0 Å². The van der Waals surface area contributed by atoms with Crippen LogP contribution in [0.4, 0.5) is 0 Å². The molecule has 1 fully saturated rings. The molecule has 1 heterocycles. The highest BCUT2D eigenvalue weighted by Crippen LogP contribution is 2.21. The van der Waals surface area contributed by atoms with Gasteiger partial charge in [-0.2, -0.15) is 0 Å². The maximum absolute atomic E-state index is 2.57. The van der Waals surface area contributed by atoms with E-state index in [1.165, 1.54) is 31.7 Å². The van der Waals surface area contributed by atoms with Crippen LogP contribution in [-0.2, 0) is 0 Å². The van der Waals surface area contributed by atoms with Crippen LogP contribution in [-0.4, -0.2) is 32.6 Å². The molecule has 0 spiro atoms. The normalized spacial score (nSPS) is 26.7. The van der Waals surface area contributed by atoms with Crippen LogP contribution in [0.15, 0.2) is 0 Å². The van der Waals surface area contributed by atoms with Gasteiger partial charge in [0.2, 0.25) is 0 Å². The zero-order valence-electron chi connectivity index (χ0n) is 7.48. The summed E-state index contributed by atoms with van der Waals surface area (Å²) < 4.78 is 0. The van der Waals surface area contributed by atoms with Gasteiger partial charge in [0.1, 0.15) is 0 Å². The lowest BCUT2D eigenvalue weighted by Gasteiger charge is -2.34. The Kier molecular flexibility index (Phi) is 2.53. The largest absolute Gasteiger partial charge is 0.304 e. The lowest BCUT2D eigenvalue weighted by Crippen LogP contribution is -2.42. The average Bonchev–Trinajstić information content (AvgIpc) is 1.88. The van der Waals surface area contributed by atoms with Gasteiger partial charge in [0.15, 0.2) is 0 Å². The lowest BCUT2D eigenvalue weighted by molar-refractivity contribution is 0.306. The summed E-state index contributed by atoms with van der Waals surface area (Å²) in [6, 6.07) is 3.03. The van der Waals surface area contributed by atoms with Crippen LogP contribution >= 0.6 is 0 Å². The van der Waals surface area contributed by atoms with Crippen LogP contribution < -0.4 is 0 Å². The number of hydrogen-bond acceptors (Lipinski definition) is 1. The van der Waals surface area contributed by atoms with E-state index in [1.807, 2.05) is 0 Å². The second-order valence-electron chi connectivity index (χ2n) is 4.10. The molecule has 1 rings (SSSR count). The summed E-state index contributed by atoms with van der Waals surface area (Å²) in [6.45, 7) is 11.3. The molecule has 0 aromatic rings. The van der Waals surface area contributed by atoms with Gasteiger partial charge in [-0.15, -0.1) is 0 Å². The van der Waals surface area contributed by atoms with Crippen molar-refractivity contribution < 1.29 is 0 Å². The first kappa shape index (κ1) is 8.28. The number of nitrogens with zero attached hydrogens (tertiary/aromatic N) is 1. The fourth-order valence-corrected chi connectivity index (χ4v) is 3.57. The van der Waals surface area contributed by atoms with Crippen molar-refractivity contribution in [1.29, 1.82) is 0 Å². The predicted molar refractivity (Wildman–Crippen MR) is 49.2 cm³/mol. The average molecular weight is 157 g/mol. The van der Waals surface area contributed by atoms with E-state index in [2.05, 4.69) is 24.9 Å². The molecule has 1 aliphatic rings. The van der Waals surface area contributed by atoms with Crippen molar-refractivity contribution in [3.8, 4) is 0 Å². The summed E-state index contributed by atoms with van der Waals surface area (Å²) in [7, 11) is -0.690. The van der Waals surface area contributed by atoms with Crippen LogP contribution in [0.3, 0.4) is 0 Å². The van der Waals surface area contributed by atoms with Crippen molar-refractivity contribution in [3.63, 3.8) is 0 Å². The molecule has 0 N–H and O–H groups in total. The van der Waals surface area contributed by atoms with Crippen molar-refractivity contribution in [1.82, 2.24) is 4.90 Å². The molecule has 1 nitrogen and oxygen atoms in total. The minimum atomic E-state index is -0.690. The molecule has 2 heteroatoms. The Bertz CT molecular complexity index is 102. The maximum atomic E-state index is 2.57. The number of rotatable bonds is 1. The van der Waals surface area contributed by atoms with Crippen LogP contribution in [0.25, 0.3) is 0 Å². The Balaban J connectivity index is 2.31. The fraction of sp³-hybridized carbons (Fsp3) is 1.00. The second-order valence-corrected chi connectivity index (χ2v) is 9.43. The quantitative estimate of drug-likeness (QED) is 0.526. The molecule has 1 aliphatic heterocycles. The molecule has 60 valence electrons. The Morgan fingerprint density at radius 3 is 2.10 bits per heavy atom. The Labute approximate surface area is 65.4 Å². The third kappa shape index (κ3) is 2.10. The molecule has 0 radical (unpaired) electrons. The smallest absolute Gasteiger partial charge is 0.0498 e. The molecule has 0 aromatic carbocycles. The molecular formula is C8H19NSi. The van der Waals surface area contributed by atoms with E-state index >= 15 is 0 Å². The Morgan fingerprint density at radius 2 is 1.70 bits per heavy atom. The van der Waals surface area contributed by atoms with Crippen LogP contribution in [0.2, 0.25) is 25.2 Å². The van der Waals surface area contributed by atoms with E-state index in [4.69, 9.17) is 0 Å². The fourth-order valence-electron chi connectivity index (χ4n) is 1.47. The van der Waals surface area contributed by atoms with E-state index in [-0.39, 0.29) is 0 Å². The highest BCUT2D eigenvalue weighted by Gasteiger charge is 2.25. The molecule has 0 saturated carbocycles. The third-order valence-electron chi connectivity index (χ3n) is 2.66. The van der Waals surface area contributed by atoms with E-state index in [0.717, 1.165) is 0 Å². The van der Waals surface area contributed by atoms with Crippen LogP contribution in [0.1, 0.15) is 6.92 Å². The van der Waals surface area contributed by atoms with Crippen LogP contribution in [0.5, 0.6) is 0 Å². The lowest BCUT2D eigenvalue weighted by atomic mass is 10.5. The summed E-state index contributed by atoms with van der Waals surface area (Å²) in [4.78, 5) is 2.57. The van der Waals surface area contributed by atoms with E-state index in [1.54, 1.807) is 0 Å². The minimum Gasteiger partial charge on any atom is -0.304 e. The SMILES string of the molecule is CCN1CC[Si](C)(C)CC1. The minimum absolute atomic E-state index is 0.690. The number of hydrogen-bond donors (Lipinski definition) is 0. The first-order valence-electron chi connectivity index (χ1n) is 4.36. The summed E-state index contributed by atoms with van der Waals surface area (Å²) in [5.74, 6) is 0. The zero-order chi connectivity index (χ0) is 7.61. The Morgan fingerprint density at radius 1 is 1.20 bits per heavy atom. The summed E-state index contributed by atoms with van der Waals surface area (Å²) in [5.41, 5.74) is 0. The van der Waals surface area contributed by atoms with Gasteiger partial charge in [-0.1, -0.05) is 20.0 Å². The summed E-state index contributed by atoms with van der Waals surface area (Å²) in [6.07, 6.45) is 0. The topological polar surface area (TPSA) is 3.24 Å². The van der Waals surface area contributed by atoms with Crippen molar-refractivity contribution in [3.05, 3.63) is 0 Å². The van der Waals surface area contributed by atoms with Gasteiger partial charge in [-0.05, 0) is 31.7 Å². The molecule has 0 atom stereocenters. The molecule has 0 bridgehead atoms. The molecule has 0 amide bonds.